The van der Waals surface area contributed by atoms with E-state index >= 15 is 0 Å². The molecule has 1 heterocycles. The van der Waals surface area contributed by atoms with E-state index in [1.165, 1.54) is 0 Å². The minimum Gasteiger partial charge on any atom is -0.490 e. The second-order valence-corrected chi connectivity index (χ2v) is 7.85. The van der Waals surface area contributed by atoms with Crippen LogP contribution in [0.15, 0.2) is 72.8 Å². The van der Waals surface area contributed by atoms with E-state index in [0.29, 0.717) is 43.3 Å². The molecule has 0 aliphatic heterocycles. The molecule has 3 aromatic carbocycles. The second kappa shape index (κ2) is 10.9. The molecule has 6 nitrogen and oxygen atoms in total. The van der Waals surface area contributed by atoms with Crippen molar-refractivity contribution in [3.05, 3.63) is 89.2 Å². The first-order valence-electron chi connectivity index (χ1n) is 11.0. The summed E-state index contributed by atoms with van der Waals surface area (Å²) >= 11 is 5.90. The number of nitrogens with zero attached hydrogens (tertiary/aromatic N) is 2. The van der Waals surface area contributed by atoms with Crippen molar-refractivity contribution in [2.24, 2.45) is 0 Å². The van der Waals surface area contributed by atoms with E-state index in [1.54, 1.807) is 24.3 Å². The zero-order valence-corrected chi connectivity index (χ0v) is 19.2. The molecular weight excluding hydrogens is 438 g/mol. The van der Waals surface area contributed by atoms with Crippen LogP contribution in [-0.2, 0) is 13.0 Å². The molecule has 170 valence electrons. The molecule has 0 spiro atoms. The summed E-state index contributed by atoms with van der Waals surface area (Å²) in [6.45, 7) is 4.10. The molecule has 4 aromatic rings. The zero-order valence-electron chi connectivity index (χ0n) is 18.5. The molecular formula is C26H26ClN3O3. The van der Waals surface area contributed by atoms with Crippen molar-refractivity contribution in [2.45, 2.75) is 19.9 Å². The van der Waals surface area contributed by atoms with Crippen LogP contribution in [0.4, 0.5) is 0 Å². The Morgan fingerprint density at radius 2 is 1.67 bits per heavy atom. The van der Waals surface area contributed by atoms with Gasteiger partial charge in [-0.15, -0.1) is 0 Å². The van der Waals surface area contributed by atoms with Gasteiger partial charge in [-0.2, -0.15) is 0 Å². The van der Waals surface area contributed by atoms with Gasteiger partial charge in [-0.3, -0.25) is 4.79 Å². The smallest absolute Gasteiger partial charge is 0.251 e. The molecule has 0 unspecified atom stereocenters. The molecule has 4 rings (SSSR count). The Bertz CT molecular complexity index is 1220. The van der Waals surface area contributed by atoms with Crippen LogP contribution in [0.3, 0.4) is 0 Å². The van der Waals surface area contributed by atoms with Crippen LogP contribution in [0.2, 0.25) is 5.02 Å². The van der Waals surface area contributed by atoms with Gasteiger partial charge in [-0.25, -0.2) is 4.98 Å². The lowest BCUT2D eigenvalue weighted by molar-refractivity contribution is 0.0954. The summed E-state index contributed by atoms with van der Waals surface area (Å²) in [5.74, 6) is 2.22. The second-order valence-electron chi connectivity index (χ2n) is 7.41. The number of benzene rings is 3. The molecule has 0 aliphatic rings. The van der Waals surface area contributed by atoms with Crippen molar-refractivity contribution < 1.29 is 14.3 Å². The van der Waals surface area contributed by atoms with Gasteiger partial charge in [0.25, 0.3) is 5.91 Å². The fourth-order valence-corrected chi connectivity index (χ4v) is 3.77. The predicted octanol–water partition coefficient (Wildman–Crippen LogP) is 5.14. The Kier molecular flexibility index (Phi) is 7.47. The lowest BCUT2D eigenvalue weighted by Crippen LogP contribution is -2.26. The minimum atomic E-state index is -0.134. The summed E-state index contributed by atoms with van der Waals surface area (Å²) in [6, 6.07) is 22.5. The van der Waals surface area contributed by atoms with E-state index in [4.69, 9.17) is 26.1 Å². The highest BCUT2D eigenvalue weighted by atomic mass is 35.5. The van der Waals surface area contributed by atoms with Crippen LogP contribution >= 0.6 is 11.6 Å². The van der Waals surface area contributed by atoms with Crippen LogP contribution in [0.1, 0.15) is 23.1 Å². The Labute approximate surface area is 198 Å². The van der Waals surface area contributed by atoms with E-state index < -0.39 is 0 Å². The molecule has 0 bridgehead atoms. The largest absolute Gasteiger partial charge is 0.490 e. The quantitative estimate of drug-likeness (QED) is 0.353. The fourth-order valence-electron chi connectivity index (χ4n) is 3.65. The summed E-state index contributed by atoms with van der Waals surface area (Å²) < 4.78 is 13.8. The van der Waals surface area contributed by atoms with Gasteiger partial charge >= 0.3 is 0 Å². The average Bonchev–Trinajstić information content (AvgIpc) is 3.18. The average molecular weight is 464 g/mol. The number of nitrogens with one attached hydrogen (secondary N) is 1. The summed E-state index contributed by atoms with van der Waals surface area (Å²) in [6.07, 6.45) is 0.601. The number of ether oxygens (including phenoxy) is 2. The van der Waals surface area contributed by atoms with Crippen LogP contribution < -0.4 is 14.8 Å². The van der Waals surface area contributed by atoms with Crippen molar-refractivity contribution in [3.8, 4) is 11.5 Å². The lowest BCUT2D eigenvalue weighted by Gasteiger charge is -2.14. The zero-order chi connectivity index (χ0) is 23.0. The van der Waals surface area contributed by atoms with E-state index in [0.717, 1.165) is 28.4 Å². The summed E-state index contributed by atoms with van der Waals surface area (Å²) in [4.78, 5) is 17.2. The molecule has 33 heavy (non-hydrogen) atoms. The van der Waals surface area contributed by atoms with E-state index in [2.05, 4.69) is 9.88 Å². The van der Waals surface area contributed by atoms with E-state index in [1.807, 2.05) is 55.5 Å². The molecule has 1 amide bonds. The number of halogens is 1. The highest BCUT2D eigenvalue weighted by Gasteiger charge is 2.12. The van der Waals surface area contributed by atoms with Gasteiger partial charge in [0.05, 0.1) is 24.2 Å². The third-order valence-electron chi connectivity index (χ3n) is 5.20. The molecule has 0 fully saturated rings. The monoisotopic (exact) mass is 463 g/mol. The van der Waals surface area contributed by atoms with Crippen LogP contribution in [0.5, 0.6) is 11.5 Å². The van der Waals surface area contributed by atoms with Crippen molar-refractivity contribution in [3.63, 3.8) is 0 Å². The van der Waals surface area contributed by atoms with Crippen molar-refractivity contribution in [1.29, 1.82) is 0 Å². The van der Waals surface area contributed by atoms with Crippen molar-refractivity contribution in [2.75, 3.05) is 19.8 Å². The van der Waals surface area contributed by atoms with E-state index in [-0.39, 0.29) is 5.91 Å². The maximum atomic E-state index is 12.4. The number of hydrogen-bond acceptors (Lipinski definition) is 4. The molecule has 0 aliphatic carbocycles. The van der Waals surface area contributed by atoms with Gasteiger partial charge in [0.2, 0.25) is 0 Å². The van der Waals surface area contributed by atoms with Crippen LogP contribution in [0.25, 0.3) is 11.0 Å². The minimum absolute atomic E-state index is 0.134. The van der Waals surface area contributed by atoms with Gasteiger partial charge in [0.1, 0.15) is 12.4 Å². The Morgan fingerprint density at radius 1 is 0.970 bits per heavy atom. The summed E-state index contributed by atoms with van der Waals surface area (Å²) in [5.41, 5.74) is 2.54. The number of carbonyl (C=O) groups excluding carboxylic acids is 1. The Hall–Kier alpha value is -3.51. The number of hydrogen-bond donors (Lipinski definition) is 1. The van der Waals surface area contributed by atoms with Crippen LogP contribution in [-0.4, -0.2) is 35.2 Å². The van der Waals surface area contributed by atoms with Crippen LogP contribution in [0, 0.1) is 0 Å². The molecule has 0 atom stereocenters. The number of rotatable bonds is 10. The molecule has 0 radical (unpaired) electrons. The Morgan fingerprint density at radius 3 is 2.42 bits per heavy atom. The number of aromatic nitrogens is 2. The number of carbonyl (C=O) groups is 1. The van der Waals surface area contributed by atoms with Gasteiger partial charge in [-0.1, -0.05) is 35.9 Å². The van der Waals surface area contributed by atoms with Gasteiger partial charge in [-0.05, 0) is 55.5 Å². The molecule has 7 heteroatoms. The number of para-hydroxylation sites is 4. The normalized spacial score (nSPS) is 10.8. The van der Waals surface area contributed by atoms with Crippen molar-refractivity contribution in [1.82, 2.24) is 14.9 Å². The maximum absolute atomic E-state index is 12.4. The first-order chi connectivity index (χ1) is 16.2. The molecule has 1 N–H and O–H groups in total. The highest BCUT2D eigenvalue weighted by molar-refractivity contribution is 6.30. The topological polar surface area (TPSA) is 65.4 Å². The number of amides is 1. The SMILES string of the molecule is CCOc1ccccc1OCCn1c(CCNC(=O)c2ccc(Cl)cc2)nc2ccccc21. The number of fused-ring (bicyclic) bond motifs is 1. The van der Waals surface area contributed by atoms with E-state index in [9.17, 15) is 4.79 Å². The van der Waals surface area contributed by atoms with Gasteiger partial charge in [0.15, 0.2) is 11.5 Å². The molecule has 1 aromatic heterocycles. The van der Waals surface area contributed by atoms with Gasteiger partial charge in [0, 0.05) is 23.6 Å². The predicted molar refractivity (Wildman–Crippen MR) is 130 cm³/mol. The standard InChI is InChI=1S/C26H26ClN3O3/c1-2-32-23-9-5-6-10-24(23)33-18-17-30-22-8-4-3-7-21(22)29-25(30)15-16-28-26(31)19-11-13-20(27)14-12-19/h3-14H,2,15-18H2,1H3,(H,28,31). The first-order valence-corrected chi connectivity index (χ1v) is 11.4. The van der Waals surface area contributed by atoms with Crippen molar-refractivity contribution >= 4 is 28.5 Å². The number of imidazole rings is 1. The third kappa shape index (κ3) is 5.65. The maximum Gasteiger partial charge on any atom is 0.251 e. The lowest BCUT2D eigenvalue weighted by atomic mass is 10.2. The molecule has 0 saturated carbocycles. The van der Waals surface area contributed by atoms with Gasteiger partial charge < -0.3 is 19.4 Å². The Balaban J connectivity index is 1.42. The highest BCUT2D eigenvalue weighted by Crippen LogP contribution is 2.26. The summed E-state index contributed by atoms with van der Waals surface area (Å²) in [5, 5.41) is 3.56. The molecule has 0 saturated heterocycles. The summed E-state index contributed by atoms with van der Waals surface area (Å²) in [7, 11) is 0. The fraction of sp³-hybridized carbons (Fsp3) is 0.231. The first kappa shape index (κ1) is 22.7. The third-order valence-corrected chi connectivity index (χ3v) is 5.45.